The van der Waals surface area contributed by atoms with Gasteiger partial charge in [0.2, 0.25) is 0 Å². The lowest BCUT2D eigenvalue weighted by atomic mass is 9.98. The monoisotopic (exact) mass is 420 g/mol. The second-order valence-corrected chi connectivity index (χ2v) is 7.31. The number of rotatable bonds is 3. The zero-order valence-corrected chi connectivity index (χ0v) is 15.9. The molecule has 1 atom stereocenters. The highest BCUT2D eigenvalue weighted by Crippen LogP contribution is 2.35. The number of alkyl halides is 3. The van der Waals surface area contributed by atoms with Crippen LogP contribution in [0.15, 0.2) is 59.3 Å². The number of hydrogen-bond donors (Lipinski definition) is 0. The van der Waals surface area contributed by atoms with Gasteiger partial charge in [0.05, 0.1) is 11.8 Å². The molecular weight excluding hydrogens is 405 g/mol. The molecule has 4 rings (SSSR count). The summed E-state index contributed by atoms with van der Waals surface area (Å²) in [5, 5.41) is 4.36. The molecule has 1 saturated heterocycles. The Balaban J connectivity index is 1.54. The van der Waals surface area contributed by atoms with Crippen LogP contribution in [0.1, 0.15) is 33.8 Å². The molecule has 1 aliphatic heterocycles. The van der Waals surface area contributed by atoms with Crippen molar-refractivity contribution in [2.24, 2.45) is 0 Å². The molecule has 0 saturated carbocycles. The standard InChI is InChI=1S/C21H16ClF3N2O2/c22-18-4-2-1-3-16(18)14-9-10-27(12-14)20(28)17-11-26-29-19(17)13-5-7-15(8-6-13)21(23,24)25/h1-8,11,14H,9-10,12H2. The summed E-state index contributed by atoms with van der Waals surface area (Å²) < 4.78 is 43.5. The molecule has 0 aliphatic carbocycles. The van der Waals surface area contributed by atoms with Crippen molar-refractivity contribution in [2.75, 3.05) is 13.1 Å². The van der Waals surface area contributed by atoms with Crippen LogP contribution in [-0.4, -0.2) is 29.1 Å². The molecule has 1 fully saturated rings. The number of carbonyl (C=O) groups is 1. The molecule has 0 spiro atoms. The Morgan fingerprint density at radius 1 is 1.14 bits per heavy atom. The van der Waals surface area contributed by atoms with Crippen LogP contribution < -0.4 is 0 Å². The van der Waals surface area contributed by atoms with Gasteiger partial charge in [0.25, 0.3) is 5.91 Å². The summed E-state index contributed by atoms with van der Waals surface area (Å²) >= 11 is 6.27. The van der Waals surface area contributed by atoms with Crippen molar-refractivity contribution >= 4 is 17.5 Å². The maximum atomic E-state index is 13.0. The van der Waals surface area contributed by atoms with Crippen LogP contribution in [0.25, 0.3) is 11.3 Å². The lowest BCUT2D eigenvalue weighted by Crippen LogP contribution is -2.28. The van der Waals surface area contributed by atoms with Gasteiger partial charge in [-0.3, -0.25) is 4.79 Å². The van der Waals surface area contributed by atoms with Crippen molar-refractivity contribution in [3.63, 3.8) is 0 Å². The van der Waals surface area contributed by atoms with Crippen molar-refractivity contribution < 1.29 is 22.5 Å². The Morgan fingerprint density at radius 3 is 2.55 bits per heavy atom. The Kier molecular flexibility index (Phi) is 5.08. The van der Waals surface area contributed by atoms with Gasteiger partial charge in [-0.2, -0.15) is 13.2 Å². The van der Waals surface area contributed by atoms with Gasteiger partial charge in [-0.1, -0.05) is 47.1 Å². The molecule has 1 amide bonds. The van der Waals surface area contributed by atoms with Crippen LogP contribution in [-0.2, 0) is 6.18 Å². The number of benzene rings is 2. The third-order valence-electron chi connectivity index (χ3n) is 5.10. The number of amides is 1. The van der Waals surface area contributed by atoms with E-state index in [4.69, 9.17) is 16.1 Å². The summed E-state index contributed by atoms with van der Waals surface area (Å²) in [4.78, 5) is 14.7. The highest BCUT2D eigenvalue weighted by molar-refractivity contribution is 6.31. The lowest BCUT2D eigenvalue weighted by molar-refractivity contribution is -0.137. The van der Waals surface area contributed by atoms with E-state index < -0.39 is 11.7 Å². The average molecular weight is 421 g/mol. The van der Waals surface area contributed by atoms with Crippen LogP contribution in [0.4, 0.5) is 13.2 Å². The third-order valence-corrected chi connectivity index (χ3v) is 5.44. The van der Waals surface area contributed by atoms with Crippen LogP contribution in [0.5, 0.6) is 0 Å². The molecule has 0 radical (unpaired) electrons. The molecule has 29 heavy (non-hydrogen) atoms. The Morgan fingerprint density at radius 2 is 1.86 bits per heavy atom. The number of halogens is 4. The average Bonchev–Trinajstić information content (AvgIpc) is 3.37. The molecule has 2 aromatic carbocycles. The minimum Gasteiger partial charge on any atom is -0.355 e. The quantitative estimate of drug-likeness (QED) is 0.550. The van der Waals surface area contributed by atoms with E-state index in [2.05, 4.69) is 5.16 Å². The molecular formula is C21H16ClF3N2O2. The van der Waals surface area contributed by atoms with Crippen molar-refractivity contribution in [3.8, 4) is 11.3 Å². The SMILES string of the molecule is O=C(c1cnoc1-c1ccc(C(F)(F)F)cc1)N1CCC(c2ccccc2Cl)C1. The number of hydrogen-bond acceptors (Lipinski definition) is 3. The summed E-state index contributed by atoms with van der Waals surface area (Å²) in [5.74, 6) is 0.0163. The summed E-state index contributed by atoms with van der Waals surface area (Å²) in [7, 11) is 0. The van der Waals surface area contributed by atoms with E-state index in [-0.39, 0.29) is 23.1 Å². The fraction of sp³-hybridized carbons (Fsp3) is 0.238. The molecule has 2 heterocycles. The van der Waals surface area contributed by atoms with E-state index in [0.717, 1.165) is 24.1 Å². The Hall–Kier alpha value is -2.80. The second kappa shape index (κ2) is 7.55. The molecule has 3 aromatic rings. The minimum absolute atomic E-state index is 0.127. The van der Waals surface area contributed by atoms with E-state index >= 15 is 0 Å². The second-order valence-electron chi connectivity index (χ2n) is 6.90. The van der Waals surface area contributed by atoms with Crippen LogP contribution in [0.2, 0.25) is 5.02 Å². The van der Waals surface area contributed by atoms with E-state index in [0.29, 0.717) is 23.7 Å². The normalized spacial score (nSPS) is 17.0. The van der Waals surface area contributed by atoms with Gasteiger partial charge in [0.15, 0.2) is 5.76 Å². The van der Waals surface area contributed by atoms with Gasteiger partial charge < -0.3 is 9.42 Å². The topological polar surface area (TPSA) is 46.3 Å². The van der Waals surface area contributed by atoms with Crippen LogP contribution in [0.3, 0.4) is 0 Å². The van der Waals surface area contributed by atoms with Gasteiger partial charge in [0, 0.05) is 29.6 Å². The molecule has 0 N–H and O–H groups in total. The smallest absolute Gasteiger partial charge is 0.355 e. The Labute approximate surface area is 169 Å². The molecule has 8 heteroatoms. The zero-order valence-electron chi connectivity index (χ0n) is 15.1. The maximum absolute atomic E-state index is 13.0. The first kappa shape index (κ1) is 19.5. The van der Waals surface area contributed by atoms with Crippen molar-refractivity contribution in [3.05, 3.63) is 76.4 Å². The molecule has 1 aromatic heterocycles. The first-order chi connectivity index (χ1) is 13.8. The summed E-state index contributed by atoms with van der Waals surface area (Å²) in [5.41, 5.74) is 0.818. The van der Waals surface area contributed by atoms with Crippen molar-refractivity contribution in [1.82, 2.24) is 10.1 Å². The van der Waals surface area contributed by atoms with Crippen LogP contribution >= 0.6 is 11.6 Å². The summed E-state index contributed by atoms with van der Waals surface area (Å²) in [6.07, 6.45) is -2.35. The highest BCUT2D eigenvalue weighted by Gasteiger charge is 2.33. The number of aromatic nitrogens is 1. The van der Waals surface area contributed by atoms with Gasteiger partial charge >= 0.3 is 6.18 Å². The van der Waals surface area contributed by atoms with E-state index in [9.17, 15) is 18.0 Å². The minimum atomic E-state index is -4.43. The van der Waals surface area contributed by atoms with Gasteiger partial charge in [-0.05, 0) is 30.2 Å². The van der Waals surface area contributed by atoms with E-state index in [1.54, 1.807) is 4.90 Å². The molecule has 4 nitrogen and oxygen atoms in total. The fourth-order valence-corrected chi connectivity index (χ4v) is 3.88. The van der Waals surface area contributed by atoms with E-state index in [1.165, 1.54) is 18.3 Å². The number of carbonyl (C=O) groups excluding carboxylic acids is 1. The summed E-state index contributed by atoms with van der Waals surface area (Å²) in [6, 6.07) is 12.0. The van der Waals surface area contributed by atoms with Crippen LogP contribution in [0, 0.1) is 0 Å². The first-order valence-electron chi connectivity index (χ1n) is 9.00. The predicted molar refractivity (Wildman–Crippen MR) is 102 cm³/mol. The van der Waals surface area contributed by atoms with E-state index in [1.807, 2.05) is 24.3 Å². The summed E-state index contributed by atoms with van der Waals surface area (Å²) in [6.45, 7) is 1.05. The lowest BCUT2D eigenvalue weighted by Gasteiger charge is -2.17. The number of nitrogens with zero attached hydrogens (tertiary/aromatic N) is 2. The zero-order chi connectivity index (χ0) is 20.6. The number of likely N-dealkylation sites (tertiary alicyclic amines) is 1. The first-order valence-corrected chi connectivity index (χ1v) is 9.38. The van der Waals surface area contributed by atoms with Crippen molar-refractivity contribution in [1.29, 1.82) is 0 Å². The molecule has 150 valence electrons. The third kappa shape index (κ3) is 3.87. The maximum Gasteiger partial charge on any atom is 0.416 e. The van der Waals surface area contributed by atoms with Gasteiger partial charge in [-0.15, -0.1) is 0 Å². The largest absolute Gasteiger partial charge is 0.416 e. The highest BCUT2D eigenvalue weighted by atomic mass is 35.5. The predicted octanol–water partition coefficient (Wildman–Crippen LogP) is 5.64. The Bertz CT molecular complexity index is 1030. The fourth-order valence-electron chi connectivity index (χ4n) is 3.59. The van der Waals surface area contributed by atoms with Gasteiger partial charge in [0.1, 0.15) is 5.56 Å². The molecule has 1 unspecified atom stereocenters. The molecule has 0 bridgehead atoms. The molecule has 1 aliphatic rings. The van der Waals surface area contributed by atoms with Gasteiger partial charge in [-0.25, -0.2) is 0 Å². The van der Waals surface area contributed by atoms with Crippen molar-refractivity contribution in [2.45, 2.75) is 18.5 Å².